The van der Waals surface area contributed by atoms with E-state index in [-0.39, 0.29) is 23.8 Å². The summed E-state index contributed by atoms with van der Waals surface area (Å²) in [4.78, 5) is 26.7. The Morgan fingerprint density at radius 3 is 2.56 bits per heavy atom. The van der Waals surface area contributed by atoms with Crippen molar-refractivity contribution in [3.63, 3.8) is 0 Å². The second-order valence-corrected chi connectivity index (χ2v) is 7.18. The normalized spacial score (nSPS) is 15.0. The first-order valence-electron chi connectivity index (χ1n) is 9.35. The molecule has 1 aliphatic heterocycles. The number of hydrogen-bond acceptors (Lipinski definition) is 4. The van der Waals surface area contributed by atoms with Gasteiger partial charge in [-0.2, -0.15) is 0 Å². The van der Waals surface area contributed by atoms with Gasteiger partial charge in [-0.25, -0.2) is 0 Å². The minimum atomic E-state index is -0.115. The summed E-state index contributed by atoms with van der Waals surface area (Å²) in [7, 11) is 0. The van der Waals surface area contributed by atoms with E-state index in [4.69, 9.17) is 9.15 Å². The van der Waals surface area contributed by atoms with E-state index in [9.17, 15) is 9.59 Å². The molecule has 1 aromatic carbocycles. The summed E-state index contributed by atoms with van der Waals surface area (Å²) in [6, 6.07) is 9.04. The van der Waals surface area contributed by atoms with Crippen molar-refractivity contribution in [2.24, 2.45) is 5.92 Å². The minimum Gasteiger partial charge on any atom is -0.491 e. The van der Waals surface area contributed by atoms with Crippen LogP contribution in [0, 0.1) is 12.8 Å². The Morgan fingerprint density at radius 1 is 1.22 bits per heavy atom. The second-order valence-electron chi connectivity index (χ2n) is 7.18. The van der Waals surface area contributed by atoms with E-state index in [0.717, 1.165) is 17.0 Å². The Kier molecular flexibility index (Phi) is 5.84. The molecule has 0 atom stereocenters. The summed E-state index contributed by atoms with van der Waals surface area (Å²) < 4.78 is 10.8. The number of ether oxygens (including phenoxy) is 1. The third-order valence-electron chi connectivity index (χ3n) is 4.71. The van der Waals surface area contributed by atoms with Gasteiger partial charge in [0.25, 0.3) is 5.91 Å². The molecule has 1 aliphatic rings. The molecule has 144 valence electrons. The third kappa shape index (κ3) is 4.70. The van der Waals surface area contributed by atoms with Gasteiger partial charge in [0, 0.05) is 24.7 Å². The molecule has 2 aromatic rings. The molecule has 0 unspecified atom stereocenters. The molecule has 6 heteroatoms. The highest BCUT2D eigenvalue weighted by atomic mass is 16.5. The number of anilines is 1. The van der Waals surface area contributed by atoms with Crippen LogP contribution in [-0.2, 0) is 4.79 Å². The lowest BCUT2D eigenvalue weighted by Crippen LogP contribution is -2.41. The van der Waals surface area contributed by atoms with Crippen molar-refractivity contribution >= 4 is 17.5 Å². The maximum atomic E-state index is 12.6. The maximum Gasteiger partial charge on any atom is 0.289 e. The molecule has 27 heavy (non-hydrogen) atoms. The van der Waals surface area contributed by atoms with Crippen LogP contribution in [0.4, 0.5) is 5.69 Å². The fourth-order valence-corrected chi connectivity index (χ4v) is 3.26. The molecular formula is C21H26N2O4. The molecule has 6 nitrogen and oxygen atoms in total. The Balaban J connectivity index is 1.54. The molecule has 1 saturated heterocycles. The zero-order valence-electron chi connectivity index (χ0n) is 16.0. The van der Waals surface area contributed by atoms with E-state index >= 15 is 0 Å². The van der Waals surface area contributed by atoms with Gasteiger partial charge in [-0.15, -0.1) is 0 Å². The van der Waals surface area contributed by atoms with E-state index in [0.29, 0.717) is 31.7 Å². The Morgan fingerprint density at radius 2 is 1.96 bits per heavy atom. The Hall–Kier alpha value is -2.76. The van der Waals surface area contributed by atoms with E-state index < -0.39 is 0 Å². The van der Waals surface area contributed by atoms with Gasteiger partial charge >= 0.3 is 0 Å². The van der Waals surface area contributed by atoms with Crippen molar-refractivity contribution in [2.45, 2.75) is 39.7 Å². The molecule has 2 heterocycles. The van der Waals surface area contributed by atoms with Crippen molar-refractivity contribution < 1.29 is 18.7 Å². The minimum absolute atomic E-state index is 0.000672. The van der Waals surface area contributed by atoms with Gasteiger partial charge in [0.05, 0.1) is 12.4 Å². The summed E-state index contributed by atoms with van der Waals surface area (Å²) in [6.07, 6.45) is 2.89. The van der Waals surface area contributed by atoms with Gasteiger partial charge in [-0.05, 0) is 69.5 Å². The fraction of sp³-hybridized carbons (Fsp3) is 0.429. The van der Waals surface area contributed by atoms with E-state index in [1.54, 1.807) is 17.0 Å². The van der Waals surface area contributed by atoms with Crippen LogP contribution >= 0.6 is 0 Å². The number of piperidine rings is 1. The lowest BCUT2D eigenvalue weighted by atomic mass is 9.95. The van der Waals surface area contributed by atoms with Crippen LogP contribution < -0.4 is 10.1 Å². The van der Waals surface area contributed by atoms with Gasteiger partial charge in [0.2, 0.25) is 5.91 Å². The van der Waals surface area contributed by atoms with Gasteiger partial charge in [0.1, 0.15) is 5.75 Å². The molecular weight excluding hydrogens is 344 g/mol. The van der Waals surface area contributed by atoms with Crippen LogP contribution in [0.15, 0.2) is 41.0 Å². The molecule has 0 bridgehead atoms. The van der Waals surface area contributed by atoms with Crippen LogP contribution in [0.1, 0.15) is 42.8 Å². The van der Waals surface area contributed by atoms with Crippen LogP contribution in [0.25, 0.3) is 0 Å². The van der Waals surface area contributed by atoms with Crippen molar-refractivity contribution in [1.29, 1.82) is 0 Å². The third-order valence-corrected chi connectivity index (χ3v) is 4.71. The number of carbonyl (C=O) groups is 2. The first-order chi connectivity index (χ1) is 12.9. The van der Waals surface area contributed by atoms with Crippen molar-refractivity contribution in [3.05, 3.63) is 47.9 Å². The molecule has 1 fully saturated rings. The molecule has 0 spiro atoms. The summed E-state index contributed by atoms with van der Waals surface area (Å²) in [5.74, 6) is 0.926. The van der Waals surface area contributed by atoms with E-state index in [1.807, 2.05) is 39.0 Å². The smallest absolute Gasteiger partial charge is 0.289 e. The largest absolute Gasteiger partial charge is 0.491 e. The average molecular weight is 370 g/mol. The summed E-state index contributed by atoms with van der Waals surface area (Å²) >= 11 is 0. The lowest BCUT2D eigenvalue weighted by molar-refractivity contribution is -0.121. The quantitative estimate of drug-likeness (QED) is 0.867. The molecule has 2 amide bonds. The van der Waals surface area contributed by atoms with E-state index in [1.165, 1.54) is 6.26 Å². The predicted molar refractivity (Wildman–Crippen MR) is 103 cm³/mol. The topological polar surface area (TPSA) is 71.8 Å². The summed E-state index contributed by atoms with van der Waals surface area (Å²) in [5, 5.41) is 3.02. The highest BCUT2D eigenvalue weighted by Gasteiger charge is 2.29. The average Bonchev–Trinajstić information content (AvgIpc) is 3.17. The number of nitrogens with zero attached hydrogens (tertiary/aromatic N) is 1. The SMILES string of the molecule is Cc1cc(OC(C)C)ccc1NC(=O)C1CCN(C(=O)c2ccco2)CC1. The highest BCUT2D eigenvalue weighted by molar-refractivity contribution is 5.94. The van der Waals surface area contributed by atoms with E-state index in [2.05, 4.69) is 5.32 Å². The summed E-state index contributed by atoms with van der Waals surface area (Å²) in [5.41, 5.74) is 1.76. The Bertz CT molecular complexity index is 791. The zero-order chi connectivity index (χ0) is 19.4. The number of benzene rings is 1. The number of aryl methyl sites for hydroxylation is 1. The van der Waals surface area contributed by atoms with Crippen LogP contribution in [0.3, 0.4) is 0 Å². The zero-order valence-corrected chi connectivity index (χ0v) is 16.0. The fourth-order valence-electron chi connectivity index (χ4n) is 3.26. The Labute approximate surface area is 159 Å². The number of rotatable bonds is 5. The number of amides is 2. The predicted octanol–water partition coefficient (Wildman–Crippen LogP) is 3.87. The summed E-state index contributed by atoms with van der Waals surface area (Å²) in [6.45, 7) is 7.02. The number of likely N-dealkylation sites (tertiary alicyclic amines) is 1. The standard InChI is InChI=1S/C21H26N2O4/c1-14(2)27-17-6-7-18(15(3)13-17)22-20(24)16-8-10-23(11-9-16)21(25)19-5-4-12-26-19/h4-7,12-14,16H,8-11H2,1-3H3,(H,22,24). The lowest BCUT2D eigenvalue weighted by Gasteiger charge is -2.30. The van der Waals surface area contributed by atoms with Crippen LogP contribution in [0.2, 0.25) is 0 Å². The molecule has 0 aliphatic carbocycles. The molecule has 0 radical (unpaired) electrons. The van der Waals surface area contributed by atoms with Crippen LogP contribution in [-0.4, -0.2) is 35.9 Å². The first kappa shape index (κ1) is 19.0. The van der Waals surface area contributed by atoms with Crippen molar-refractivity contribution in [2.75, 3.05) is 18.4 Å². The monoisotopic (exact) mass is 370 g/mol. The molecule has 0 saturated carbocycles. The van der Waals surface area contributed by atoms with Gasteiger partial charge in [0.15, 0.2) is 5.76 Å². The van der Waals surface area contributed by atoms with Gasteiger partial charge in [-0.1, -0.05) is 0 Å². The van der Waals surface area contributed by atoms with Gasteiger partial charge in [-0.3, -0.25) is 9.59 Å². The van der Waals surface area contributed by atoms with Gasteiger partial charge < -0.3 is 19.4 Å². The maximum absolute atomic E-state index is 12.6. The highest BCUT2D eigenvalue weighted by Crippen LogP contribution is 2.25. The number of carbonyl (C=O) groups excluding carboxylic acids is 2. The first-order valence-corrected chi connectivity index (χ1v) is 9.35. The van der Waals surface area contributed by atoms with Crippen LogP contribution in [0.5, 0.6) is 5.75 Å². The number of furan rings is 1. The number of nitrogens with one attached hydrogen (secondary N) is 1. The van der Waals surface area contributed by atoms with Crippen molar-refractivity contribution in [3.8, 4) is 5.75 Å². The van der Waals surface area contributed by atoms with Crippen molar-refractivity contribution in [1.82, 2.24) is 4.90 Å². The molecule has 3 rings (SSSR count). The number of hydrogen-bond donors (Lipinski definition) is 1. The molecule has 1 N–H and O–H groups in total. The molecule has 1 aromatic heterocycles. The second kappa shape index (κ2) is 8.29.